The van der Waals surface area contributed by atoms with Crippen molar-refractivity contribution in [2.75, 3.05) is 18.2 Å². The normalized spacial score (nSPS) is 15.7. The quantitative estimate of drug-likeness (QED) is 0.883. The molecule has 0 radical (unpaired) electrons. The predicted octanol–water partition coefficient (Wildman–Crippen LogP) is 3.01. The van der Waals surface area contributed by atoms with Crippen LogP contribution in [0.15, 0.2) is 30.3 Å². The molecule has 1 aromatic heterocycles. The van der Waals surface area contributed by atoms with E-state index < -0.39 is 0 Å². The largest absolute Gasteiger partial charge is 0.377 e. The first-order chi connectivity index (χ1) is 10.2. The lowest BCUT2D eigenvalue weighted by Gasteiger charge is -2.12. The zero-order valence-electron chi connectivity index (χ0n) is 12.3. The number of hydrogen-bond donors (Lipinski definition) is 2. The Morgan fingerprint density at radius 2 is 2.10 bits per heavy atom. The Bertz CT molecular complexity index is 640. The summed E-state index contributed by atoms with van der Waals surface area (Å²) in [6, 6.07) is 10.6. The molecule has 0 aliphatic heterocycles. The van der Waals surface area contributed by atoms with Gasteiger partial charge in [0.2, 0.25) is 5.95 Å². The Morgan fingerprint density at radius 3 is 2.81 bits per heavy atom. The zero-order valence-corrected chi connectivity index (χ0v) is 12.3. The number of anilines is 2. The summed E-state index contributed by atoms with van der Waals surface area (Å²) >= 11 is 0. The maximum atomic E-state index is 5.83. The summed E-state index contributed by atoms with van der Waals surface area (Å²) in [4.78, 5) is 8.59. The number of nitrogens with two attached hydrogens (primary N) is 1. The molecular weight excluding hydrogens is 264 g/mol. The number of nitrogens with zero attached hydrogens (tertiary/aromatic N) is 2. The second-order valence-electron chi connectivity index (χ2n) is 5.42. The molecule has 0 amide bonds. The second kappa shape index (κ2) is 5.69. The summed E-state index contributed by atoms with van der Waals surface area (Å²) in [5.41, 5.74) is 8.79. The second-order valence-corrected chi connectivity index (χ2v) is 5.42. The molecule has 110 valence electrons. The lowest BCUT2D eigenvalue weighted by Crippen LogP contribution is -2.06. The van der Waals surface area contributed by atoms with Crippen LogP contribution in [-0.4, -0.2) is 23.1 Å². The molecule has 1 aliphatic carbocycles. The molecule has 1 aliphatic rings. The van der Waals surface area contributed by atoms with Crippen molar-refractivity contribution in [3.8, 4) is 11.3 Å². The Balaban J connectivity index is 1.93. The van der Waals surface area contributed by atoms with Crippen molar-refractivity contribution in [2.45, 2.75) is 31.9 Å². The summed E-state index contributed by atoms with van der Waals surface area (Å²) in [6.45, 7) is 2.02. The summed E-state index contributed by atoms with van der Waals surface area (Å²) in [6.07, 6.45) is 2.44. The van der Waals surface area contributed by atoms with Crippen LogP contribution in [0, 0.1) is 0 Å². The van der Waals surface area contributed by atoms with Crippen molar-refractivity contribution < 1.29 is 4.74 Å². The molecule has 2 aromatic rings. The van der Waals surface area contributed by atoms with Crippen LogP contribution in [0.25, 0.3) is 11.3 Å². The van der Waals surface area contributed by atoms with Gasteiger partial charge in [0, 0.05) is 24.8 Å². The molecule has 0 spiro atoms. The summed E-state index contributed by atoms with van der Waals surface area (Å²) in [5.74, 6) is 1.09. The first-order valence-electron chi connectivity index (χ1n) is 7.20. The molecule has 1 fully saturated rings. The Labute approximate surface area is 124 Å². The van der Waals surface area contributed by atoms with Crippen molar-refractivity contribution in [1.82, 2.24) is 9.97 Å². The fourth-order valence-corrected chi connectivity index (χ4v) is 2.21. The van der Waals surface area contributed by atoms with Gasteiger partial charge in [0.05, 0.1) is 11.8 Å². The Kier molecular flexibility index (Phi) is 3.75. The number of ether oxygens (including phenoxy) is 1. The van der Waals surface area contributed by atoms with Gasteiger partial charge in [-0.3, -0.25) is 0 Å². The van der Waals surface area contributed by atoms with Crippen LogP contribution in [0.4, 0.5) is 11.8 Å². The highest BCUT2D eigenvalue weighted by atomic mass is 16.5. The summed E-state index contributed by atoms with van der Waals surface area (Å²) in [7, 11) is 1.71. The van der Waals surface area contributed by atoms with Gasteiger partial charge in [0.1, 0.15) is 5.82 Å². The number of rotatable bonds is 5. The monoisotopic (exact) mass is 284 g/mol. The highest BCUT2D eigenvalue weighted by Gasteiger charge is 2.21. The van der Waals surface area contributed by atoms with E-state index >= 15 is 0 Å². The number of hydrogen-bond acceptors (Lipinski definition) is 5. The molecule has 5 heteroatoms. The molecule has 21 heavy (non-hydrogen) atoms. The van der Waals surface area contributed by atoms with E-state index in [9.17, 15) is 0 Å². The van der Waals surface area contributed by atoms with Crippen molar-refractivity contribution in [1.29, 1.82) is 0 Å². The fourth-order valence-electron chi connectivity index (χ4n) is 2.21. The van der Waals surface area contributed by atoms with Crippen LogP contribution in [0.2, 0.25) is 0 Å². The van der Waals surface area contributed by atoms with Crippen LogP contribution in [-0.2, 0) is 4.74 Å². The van der Waals surface area contributed by atoms with Gasteiger partial charge >= 0.3 is 0 Å². The van der Waals surface area contributed by atoms with E-state index in [-0.39, 0.29) is 6.10 Å². The van der Waals surface area contributed by atoms with Crippen molar-refractivity contribution in [3.05, 3.63) is 35.9 Å². The highest BCUT2D eigenvalue weighted by Crippen LogP contribution is 2.28. The standard InChI is InChI=1S/C16H20N4O/c1-10(21-2)11-4-3-5-12(8-11)14-9-15(18-13-6-7-13)20-16(17)19-14/h3-5,8-10,13H,6-7H2,1-2H3,(H3,17,18,19,20)/t10-/m1/s1. The molecule has 0 bridgehead atoms. The van der Waals surface area contributed by atoms with Gasteiger partial charge in [-0.1, -0.05) is 18.2 Å². The van der Waals surface area contributed by atoms with Crippen molar-refractivity contribution in [2.24, 2.45) is 0 Å². The van der Waals surface area contributed by atoms with E-state index in [2.05, 4.69) is 21.4 Å². The van der Waals surface area contributed by atoms with E-state index in [0.29, 0.717) is 12.0 Å². The van der Waals surface area contributed by atoms with Crippen LogP contribution in [0.5, 0.6) is 0 Å². The molecule has 3 rings (SSSR count). The Hall–Kier alpha value is -2.14. The SMILES string of the molecule is CO[C@H](C)c1cccc(-c2cc(NC3CC3)nc(N)n2)c1. The van der Waals surface area contributed by atoms with E-state index in [1.807, 2.05) is 31.2 Å². The van der Waals surface area contributed by atoms with Gasteiger partial charge in [-0.15, -0.1) is 0 Å². The first kappa shape index (κ1) is 13.8. The van der Waals surface area contributed by atoms with Crippen molar-refractivity contribution >= 4 is 11.8 Å². The third-order valence-corrected chi connectivity index (χ3v) is 3.68. The number of nitrogen functional groups attached to an aromatic ring is 1. The average molecular weight is 284 g/mol. The smallest absolute Gasteiger partial charge is 0.222 e. The minimum atomic E-state index is 0.0493. The third kappa shape index (κ3) is 3.31. The van der Waals surface area contributed by atoms with Crippen LogP contribution in [0.1, 0.15) is 31.4 Å². The molecule has 3 N–H and O–H groups in total. The average Bonchev–Trinajstić information content (AvgIpc) is 3.30. The molecule has 1 aromatic carbocycles. The molecule has 1 heterocycles. The van der Waals surface area contributed by atoms with E-state index in [1.54, 1.807) is 7.11 Å². The van der Waals surface area contributed by atoms with Gasteiger partial charge in [-0.2, -0.15) is 4.98 Å². The Morgan fingerprint density at radius 1 is 1.29 bits per heavy atom. The maximum absolute atomic E-state index is 5.83. The van der Waals surface area contributed by atoms with Crippen molar-refractivity contribution in [3.63, 3.8) is 0 Å². The number of benzene rings is 1. The van der Waals surface area contributed by atoms with Gasteiger partial charge in [-0.25, -0.2) is 4.98 Å². The molecule has 5 nitrogen and oxygen atoms in total. The number of nitrogens with one attached hydrogen (secondary N) is 1. The fraction of sp³-hybridized carbons (Fsp3) is 0.375. The van der Waals surface area contributed by atoms with Gasteiger partial charge in [0.25, 0.3) is 0 Å². The van der Waals surface area contributed by atoms with Crippen LogP contribution < -0.4 is 11.1 Å². The summed E-state index contributed by atoms with van der Waals surface area (Å²) < 4.78 is 5.37. The molecule has 1 atom stereocenters. The molecular formula is C16H20N4O. The first-order valence-corrected chi connectivity index (χ1v) is 7.20. The number of aromatic nitrogens is 2. The summed E-state index contributed by atoms with van der Waals surface area (Å²) in [5, 5.41) is 3.36. The van der Waals surface area contributed by atoms with Crippen LogP contribution in [0.3, 0.4) is 0 Å². The topological polar surface area (TPSA) is 73.1 Å². The highest BCUT2D eigenvalue weighted by molar-refractivity contribution is 5.65. The van der Waals surface area contributed by atoms with Gasteiger partial charge in [0.15, 0.2) is 0 Å². The van der Waals surface area contributed by atoms with E-state index in [1.165, 1.54) is 12.8 Å². The molecule has 0 unspecified atom stereocenters. The third-order valence-electron chi connectivity index (χ3n) is 3.68. The maximum Gasteiger partial charge on any atom is 0.222 e. The lowest BCUT2D eigenvalue weighted by atomic mass is 10.0. The van der Waals surface area contributed by atoms with E-state index in [4.69, 9.17) is 10.5 Å². The lowest BCUT2D eigenvalue weighted by molar-refractivity contribution is 0.119. The van der Waals surface area contributed by atoms with Crippen LogP contribution >= 0.6 is 0 Å². The minimum Gasteiger partial charge on any atom is -0.377 e. The zero-order chi connectivity index (χ0) is 14.8. The van der Waals surface area contributed by atoms with Gasteiger partial charge < -0.3 is 15.8 Å². The predicted molar refractivity (Wildman–Crippen MR) is 83.9 cm³/mol. The minimum absolute atomic E-state index is 0.0493. The molecule has 0 saturated heterocycles. The van der Waals surface area contributed by atoms with E-state index in [0.717, 1.165) is 22.6 Å². The number of methoxy groups -OCH3 is 1. The molecule has 1 saturated carbocycles. The van der Waals surface area contributed by atoms with Gasteiger partial charge in [-0.05, 0) is 31.4 Å².